The van der Waals surface area contributed by atoms with Gasteiger partial charge in [0.15, 0.2) is 5.13 Å². The maximum atomic E-state index is 12.1. The van der Waals surface area contributed by atoms with Crippen LogP contribution in [0.4, 0.5) is 10.8 Å². The summed E-state index contributed by atoms with van der Waals surface area (Å²) in [6.45, 7) is 1.77. The molecule has 0 unspecified atom stereocenters. The first-order chi connectivity index (χ1) is 11.8. The Balaban J connectivity index is 1.92. The van der Waals surface area contributed by atoms with Crippen molar-refractivity contribution in [2.45, 2.75) is 19.8 Å². The average Bonchev–Trinajstić information content (AvgIpc) is 2.92. The molecule has 0 bridgehead atoms. The summed E-state index contributed by atoms with van der Waals surface area (Å²) < 4.78 is 0. The molecule has 1 N–H and O–H groups in total. The van der Waals surface area contributed by atoms with E-state index >= 15 is 0 Å². The minimum absolute atomic E-state index is 0.100. The molecular weight excluding hydrogens is 336 g/mol. The standard InChI is InChI=1S/C18H24N4O2S/c1-12-16(17(24)22(4)5)25-18(19-12)20-15(23)11-8-13-6-9-14(10-7-13)21(2)3/h6-7,9-10H,8,11H2,1-5H3,(H,19,20,23). The van der Waals surface area contributed by atoms with Crippen LogP contribution < -0.4 is 10.2 Å². The van der Waals surface area contributed by atoms with Crippen molar-refractivity contribution in [1.82, 2.24) is 9.88 Å². The largest absolute Gasteiger partial charge is 0.378 e. The van der Waals surface area contributed by atoms with Crippen molar-refractivity contribution in [3.63, 3.8) is 0 Å². The third-order valence-corrected chi connectivity index (χ3v) is 4.80. The number of rotatable bonds is 6. The van der Waals surface area contributed by atoms with Crippen LogP contribution in [-0.2, 0) is 11.2 Å². The molecule has 2 amide bonds. The molecule has 25 heavy (non-hydrogen) atoms. The SMILES string of the molecule is Cc1nc(NC(=O)CCc2ccc(N(C)C)cc2)sc1C(=O)N(C)C. The fraction of sp³-hybridized carbons (Fsp3) is 0.389. The number of carbonyl (C=O) groups is 2. The van der Waals surface area contributed by atoms with E-state index in [9.17, 15) is 9.59 Å². The van der Waals surface area contributed by atoms with Crippen molar-refractivity contribution in [3.05, 3.63) is 40.4 Å². The number of amides is 2. The van der Waals surface area contributed by atoms with Gasteiger partial charge in [0, 0.05) is 40.3 Å². The molecule has 1 heterocycles. The van der Waals surface area contributed by atoms with E-state index in [0.29, 0.717) is 28.5 Å². The molecule has 7 heteroatoms. The minimum Gasteiger partial charge on any atom is -0.378 e. The molecule has 0 aliphatic carbocycles. The lowest BCUT2D eigenvalue weighted by Gasteiger charge is -2.12. The molecule has 134 valence electrons. The van der Waals surface area contributed by atoms with Crippen LogP contribution in [-0.4, -0.2) is 49.9 Å². The topological polar surface area (TPSA) is 65.5 Å². The van der Waals surface area contributed by atoms with Gasteiger partial charge in [0.05, 0.1) is 5.69 Å². The highest BCUT2D eigenvalue weighted by Gasteiger charge is 2.17. The third kappa shape index (κ3) is 5.03. The van der Waals surface area contributed by atoms with Gasteiger partial charge in [0.1, 0.15) is 4.88 Å². The Morgan fingerprint density at radius 1 is 1.12 bits per heavy atom. The normalized spacial score (nSPS) is 10.4. The Morgan fingerprint density at radius 2 is 1.76 bits per heavy atom. The summed E-state index contributed by atoms with van der Waals surface area (Å²) in [5, 5.41) is 3.25. The van der Waals surface area contributed by atoms with E-state index in [1.807, 2.05) is 43.3 Å². The van der Waals surface area contributed by atoms with Crippen molar-refractivity contribution in [1.29, 1.82) is 0 Å². The van der Waals surface area contributed by atoms with Crippen LogP contribution in [0, 0.1) is 6.92 Å². The zero-order valence-electron chi connectivity index (χ0n) is 15.3. The number of carbonyl (C=O) groups excluding carboxylic acids is 2. The lowest BCUT2D eigenvalue weighted by Crippen LogP contribution is -2.21. The summed E-state index contributed by atoms with van der Waals surface area (Å²) in [4.78, 5) is 32.5. The predicted octanol–water partition coefficient (Wildman–Crippen LogP) is 2.79. The van der Waals surface area contributed by atoms with Crippen molar-refractivity contribution in [2.24, 2.45) is 0 Å². The van der Waals surface area contributed by atoms with E-state index in [4.69, 9.17) is 0 Å². The first-order valence-corrected chi connectivity index (χ1v) is 8.84. The predicted molar refractivity (Wildman–Crippen MR) is 103 cm³/mol. The highest BCUT2D eigenvalue weighted by atomic mass is 32.1. The van der Waals surface area contributed by atoms with Gasteiger partial charge < -0.3 is 15.1 Å². The molecule has 0 aliphatic rings. The van der Waals surface area contributed by atoms with E-state index in [1.54, 1.807) is 21.0 Å². The van der Waals surface area contributed by atoms with E-state index in [2.05, 4.69) is 10.3 Å². The maximum absolute atomic E-state index is 12.1. The molecule has 6 nitrogen and oxygen atoms in total. The monoisotopic (exact) mass is 360 g/mol. The smallest absolute Gasteiger partial charge is 0.265 e. The zero-order valence-corrected chi connectivity index (χ0v) is 16.1. The summed E-state index contributed by atoms with van der Waals surface area (Å²) in [5.41, 5.74) is 2.88. The molecule has 0 fully saturated rings. The number of thiazole rings is 1. The molecule has 2 rings (SSSR count). The molecule has 0 spiro atoms. The number of hydrogen-bond donors (Lipinski definition) is 1. The molecule has 1 aromatic heterocycles. The Kier molecular flexibility index (Phi) is 6.14. The number of benzene rings is 1. The second kappa shape index (κ2) is 8.11. The molecule has 1 aromatic carbocycles. The van der Waals surface area contributed by atoms with Gasteiger partial charge in [-0.15, -0.1) is 0 Å². The number of nitrogens with zero attached hydrogens (tertiary/aromatic N) is 3. The van der Waals surface area contributed by atoms with Crippen molar-refractivity contribution >= 4 is 34.0 Å². The molecule has 0 saturated heterocycles. The van der Waals surface area contributed by atoms with Gasteiger partial charge in [0.25, 0.3) is 5.91 Å². The van der Waals surface area contributed by atoms with Gasteiger partial charge >= 0.3 is 0 Å². The van der Waals surface area contributed by atoms with Crippen LogP contribution in [0.2, 0.25) is 0 Å². The van der Waals surface area contributed by atoms with Crippen LogP contribution in [0.25, 0.3) is 0 Å². The number of aromatic nitrogens is 1. The van der Waals surface area contributed by atoms with Gasteiger partial charge in [-0.2, -0.15) is 0 Å². The number of aryl methyl sites for hydroxylation is 2. The summed E-state index contributed by atoms with van der Waals surface area (Å²) in [5.74, 6) is -0.203. The lowest BCUT2D eigenvalue weighted by molar-refractivity contribution is -0.116. The molecule has 0 aliphatic heterocycles. The van der Waals surface area contributed by atoms with Gasteiger partial charge in [0.2, 0.25) is 5.91 Å². The van der Waals surface area contributed by atoms with Crippen LogP contribution in [0.15, 0.2) is 24.3 Å². The number of nitrogens with one attached hydrogen (secondary N) is 1. The molecule has 0 atom stereocenters. The van der Waals surface area contributed by atoms with Gasteiger partial charge in [-0.25, -0.2) is 4.98 Å². The lowest BCUT2D eigenvalue weighted by atomic mass is 10.1. The van der Waals surface area contributed by atoms with Crippen LogP contribution in [0.3, 0.4) is 0 Å². The Hall–Kier alpha value is -2.41. The second-order valence-electron chi connectivity index (χ2n) is 6.24. The summed E-state index contributed by atoms with van der Waals surface area (Å²) >= 11 is 1.21. The van der Waals surface area contributed by atoms with E-state index in [-0.39, 0.29) is 11.8 Å². The van der Waals surface area contributed by atoms with Crippen molar-refractivity contribution < 1.29 is 9.59 Å². The Morgan fingerprint density at radius 3 is 2.32 bits per heavy atom. The minimum atomic E-state index is -0.103. The number of hydrogen-bond acceptors (Lipinski definition) is 5. The second-order valence-corrected chi connectivity index (χ2v) is 7.24. The highest BCUT2D eigenvalue weighted by molar-refractivity contribution is 7.17. The quantitative estimate of drug-likeness (QED) is 0.860. The average molecular weight is 360 g/mol. The molecule has 2 aromatic rings. The highest BCUT2D eigenvalue weighted by Crippen LogP contribution is 2.24. The first kappa shape index (κ1) is 18.9. The zero-order chi connectivity index (χ0) is 18.6. The molecular formula is C18H24N4O2S. The Labute approximate surface area is 152 Å². The van der Waals surface area contributed by atoms with E-state index in [1.165, 1.54) is 16.2 Å². The van der Waals surface area contributed by atoms with Gasteiger partial charge in [-0.1, -0.05) is 23.5 Å². The summed E-state index contributed by atoms with van der Waals surface area (Å²) in [6.07, 6.45) is 1.03. The fourth-order valence-electron chi connectivity index (χ4n) is 2.25. The van der Waals surface area contributed by atoms with E-state index < -0.39 is 0 Å². The fourth-order valence-corrected chi connectivity index (χ4v) is 3.26. The van der Waals surface area contributed by atoms with Crippen molar-refractivity contribution in [2.75, 3.05) is 38.4 Å². The van der Waals surface area contributed by atoms with Gasteiger partial charge in [-0.3, -0.25) is 9.59 Å². The number of anilines is 2. The summed E-state index contributed by atoms with van der Waals surface area (Å²) in [7, 11) is 7.38. The Bertz CT molecular complexity index is 751. The first-order valence-electron chi connectivity index (χ1n) is 8.03. The van der Waals surface area contributed by atoms with Crippen LogP contribution >= 0.6 is 11.3 Å². The van der Waals surface area contributed by atoms with Crippen LogP contribution in [0.1, 0.15) is 27.3 Å². The molecule has 0 radical (unpaired) electrons. The third-order valence-electron chi connectivity index (χ3n) is 3.74. The van der Waals surface area contributed by atoms with E-state index in [0.717, 1.165) is 11.3 Å². The van der Waals surface area contributed by atoms with Gasteiger partial charge in [-0.05, 0) is 31.0 Å². The summed E-state index contributed by atoms with van der Waals surface area (Å²) in [6, 6.07) is 8.14. The maximum Gasteiger partial charge on any atom is 0.265 e. The molecule has 0 saturated carbocycles. The van der Waals surface area contributed by atoms with Crippen molar-refractivity contribution in [3.8, 4) is 0 Å². The van der Waals surface area contributed by atoms with Crippen LogP contribution in [0.5, 0.6) is 0 Å².